The fraction of sp³-hybridized carbons (Fsp3) is 0.286. The van der Waals surface area contributed by atoms with E-state index in [1.807, 2.05) is 0 Å². The number of carbonyl (C=O) groups is 1. The fourth-order valence-corrected chi connectivity index (χ4v) is 2.50. The standard InChI is InChI=1S/C14H14ClNO3/c1-9-7-12(18)11(10(2)17)8-14(9,15)16-6-4-3-5-13(16)19/h3-7,18H,8H2,1-2H3. The lowest BCUT2D eigenvalue weighted by atomic mass is 9.90. The van der Waals surface area contributed by atoms with E-state index < -0.39 is 5.00 Å². The van der Waals surface area contributed by atoms with Gasteiger partial charge in [-0.05, 0) is 31.6 Å². The van der Waals surface area contributed by atoms with Crippen molar-refractivity contribution in [2.75, 3.05) is 0 Å². The van der Waals surface area contributed by atoms with Crippen LogP contribution in [-0.4, -0.2) is 15.5 Å². The van der Waals surface area contributed by atoms with Crippen molar-refractivity contribution in [3.8, 4) is 0 Å². The summed E-state index contributed by atoms with van der Waals surface area (Å²) in [5.41, 5.74) is 0.593. The maximum atomic E-state index is 11.9. The fourth-order valence-electron chi connectivity index (χ4n) is 2.17. The lowest BCUT2D eigenvalue weighted by molar-refractivity contribution is -0.114. The molecule has 0 radical (unpaired) electrons. The second-order valence-corrected chi connectivity index (χ2v) is 5.22. The highest BCUT2D eigenvalue weighted by Crippen LogP contribution is 2.40. The van der Waals surface area contributed by atoms with Crippen LogP contribution in [0.3, 0.4) is 0 Å². The molecule has 2 rings (SSSR count). The Balaban J connectivity index is 2.59. The van der Waals surface area contributed by atoms with Crippen molar-refractivity contribution >= 4 is 17.4 Å². The lowest BCUT2D eigenvalue weighted by Gasteiger charge is -2.33. The van der Waals surface area contributed by atoms with E-state index in [0.717, 1.165) is 0 Å². The number of alkyl halides is 1. The molecule has 4 nitrogen and oxygen atoms in total. The van der Waals surface area contributed by atoms with Gasteiger partial charge in [-0.3, -0.25) is 14.2 Å². The zero-order chi connectivity index (χ0) is 14.2. The van der Waals surface area contributed by atoms with Gasteiger partial charge in [-0.15, -0.1) is 0 Å². The van der Waals surface area contributed by atoms with Crippen molar-refractivity contribution in [1.82, 2.24) is 4.57 Å². The van der Waals surface area contributed by atoms with E-state index in [9.17, 15) is 14.7 Å². The molecule has 0 aromatic carbocycles. The summed E-state index contributed by atoms with van der Waals surface area (Å²) in [5.74, 6) is -0.333. The summed E-state index contributed by atoms with van der Waals surface area (Å²) in [5, 5.41) is 9.79. The normalized spacial score (nSPS) is 23.2. The molecule has 0 saturated carbocycles. The molecule has 1 aliphatic rings. The molecule has 100 valence electrons. The highest BCUT2D eigenvalue weighted by atomic mass is 35.5. The second kappa shape index (κ2) is 4.70. The van der Waals surface area contributed by atoms with Crippen molar-refractivity contribution in [3.05, 3.63) is 57.7 Å². The van der Waals surface area contributed by atoms with Crippen LogP contribution in [0.25, 0.3) is 0 Å². The van der Waals surface area contributed by atoms with Gasteiger partial charge in [0.25, 0.3) is 5.56 Å². The van der Waals surface area contributed by atoms with E-state index in [1.54, 1.807) is 25.3 Å². The van der Waals surface area contributed by atoms with E-state index >= 15 is 0 Å². The first kappa shape index (κ1) is 13.6. The van der Waals surface area contributed by atoms with Crippen molar-refractivity contribution < 1.29 is 9.90 Å². The molecule has 1 aromatic rings. The number of halogens is 1. The third-order valence-electron chi connectivity index (χ3n) is 3.31. The van der Waals surface area contributed by atoms with Gasteiger partial charge in [-0.25, -0.2) is 0 Å². The molecule has 1 aromatic heterocycles. The van der Waals surface area contributed by atoms with Gasteiger partial charge < -0.3 is 5.11 Å². The zero-order valence-corrected chi connectivity index (χ0v) is 11.4. The topological polar surface area (TPSA) is 59.3 Å². The number of allylic oxidation sites excluding steroid dienone is 3. The van der Waals surface area contributed by atoms with Crippen molar-refractivity contribution in [1.29, 1.82) is 0 Å². The molecule has 0 saturated heterocycles. The smallest absolute Gasteiger partial charge is 0.252 e. The molecular weight excluding hydrogens is 266 g/mol. The zero-order valence-electron chi connectivity index (χ0n) is 10.7. The van der Waals surface area contributed by atoms with E-state index in [2.05, 4.69) is 0 Å². The Kier molecular flexibility index (Phi) is 3.37. The minimum atomic E-state index is -1.15. The highest BCUT2D eigenvalue weighted by molar-refractivity contribution is 6.24. The van der Waals surface area contributed by atoms with Crippen LogP contribution in [0.15, 0.2) is 52.2 Å². The summed E-state index contributed by atoms with van der Waals surface area (Å²) in [6, 6.07) is 4.73. The van der Waals surface area contributed by atoms with Gasteiger partial charge in [0.15, 0.2) is 5.78 Å². The number of ketones is 1. The van der Waals surface area contributed by atoms with Crippen molar-refractivity contribution in [3.63, 3.8) is 0 Å². The molecule has 5 heteroatoms. The van der Waals surface area contributed by atoms with E-state index in [1.165, 1.54) is 23.6 Å². The molecule has 1 aliphatic carbocycles. The summed E-state index contributed by atoms with van der Waals surface area (Å²) in [6.07, 6.45) is 3.10. The van der Waals surface area contributed by atoms with Crippen LogP contribution in [-0.2, 0) is 9.79 Å². The predicted octanol–water partition coefficient (Wildman–Crippen LogP) is 2.49. The Labute approximate surface area is 115 Å². The number of rotatable bonds is 2. The molecule has 1 N–H and O–H groups in total. The maximum Gasteiger partial charge on any atom is 0.252 e. The van der Waals surface area contributed by atoms with E-state index in [4.69, 9.17) is 11.6 Å². The minimum absolute atomic E-state index is 0.0785. The summed E-state index contributed by atoms with van der Waals surface area (Å²) in [6.45, 7) is 3.09. The Morgan fingerprint density at radius 2 is 2.16 bits per heavy atom. The Hall–Kier alpha value is -1.81. The van der Waals surface area contributed by atoms with Crippen LogP contribution >= 0.6 is 11.6 Å². The number of carbonyl (C=O) groups excluding carboxylic acids is 1. The SMILES string of the molecule is CC(=O)C1=C(O)C=C(C)C(Cl)(n2ccccc2=O)C1. The number of hydrogen-bond donors (Lipinski definition) is 1. The first-order chi connectivity index (χ1) is 8.86. The summed E-state index contributed by atoms with van der Waals surface area (Å²) in [4.78, 5) is 22.3. The first-order valence-electron chi connectivity index (χ1n) is 5.85. The number of aliphatic hydroxyl groups is 1. The van der Waals surface area contributed by atoms with Gasteiger partial charge in [0.1, 0.15) is 10.8 Å². The average molecular weight is 280 g/mol. The molecule has 0 amide bonds. The summed E-state index contributed by atoms with van der Waals surface area (Å²) < 4.78 is 1.37. The maximum absolute atomic E-state index is 11.9. The van der Waals surface area contributed by atoms with E-state index in [-0.39, 0.29) is 29.1 Å². The third-order valence-corrected chi connectivity index (χ3v) is 3.92. The Morgan fingerprint density at radius 1 is 1.47 bits per heavy atom. The van der Waals surface area contributed by atoms with Gasteiger partial charge in [-0.1, -0.05) is 17.7 Å². The van der Waals surface area contributed by atoms with Gasteiger partial charge >= 0.3 is 0 Å². The van der Waals surface area contributed by atoms with Crippen LogP contribution in [0.1, 0.15) is 20.3 Å². The molecule has 1 unspecified atom stereocenters. The van der Waals surface area contributed by atoms with E-state index in [0.29, 0.717) is 5.57 Å². The van der Waals surface area contributed by atoms with Gasteiger partial charge in [0, 0.05) is 24.3 Å². The van der Waals surface area contributed by atoms with Gasteiger partial charge in [-0.2, -0.15) is 0 Å². The molecule has 19 heavy (non-hydrogen) atoms. The molecule has 0 aliphatic heterocycles. The van der Waals surface area contributed by atoms with Gasteiger partial charge in [0.2, 0.25) is 0 Å². The predicted molar refractivity (Wildman–Crippen MR) is 73.2 cm³/mol. The minimum Gasteiger partial charge on any atom is -0.508 e. The van der Waals surface area contributed by atoms with Crippen LogP contribution < -0.4 is 5.56 Å². The monoisotopic (exact) mass is 279 g/mol. The molecule has 0 bridgehead atoms. The summed E-state index contributed by atoms with van der Waals surface area (Å²) in [7, 11) is 0. The Morgan fingerprint density at radius 3 is 2.74 bits per heavy atom. The van der Waals surface area contributed by atoms with Gasteiger partial charge in [0.05, 0.1) is 0 Å². The number of aliphatic hydroxyl groups excluding tert-OH is 1. The number of aromatic nitrogens is 1. The first-order valence-corrected chi connectivity index (χ1v) is 6.23. The molecule has 1 atom stereocenters. The molecular formula is C14H14ClNO3. The van der Waals surface area contributed by atoms with Crippen molar-refractivity contribution in [2.45, 2.75) is 25.3 Å². The van der Waals surface area contributed by atoms with Crippen molar-refractivity contribution in [2.24, 2.45) is 0 Å². The Bertz CT molecular complexity index is 657. The van der Waals surface area contributed by atoms with Crippen LogP contribution in [0, 0.1) is 0 Å². The molecule has 0 spiro atoms. The molecule has 1 heterocycles. The lowest BCUT2D eigenvalue weighted by Crippen LogP contribution is -2.39. The van der Waals surface area contributed by atoms with Crippen LogP contribution in [0.2, 0.25) is 0 Å². The third kappa shape index (κ3) is 2.24. The van der Waals surface area contributed by atoms with Crippen LogP contribution in [0.5, 0.6) is 0 Å². The summed E-state index contributed by atoms with van der Waals surface area (Å²) >= 11 is 6.56. The number of pyridine rings is 1. The average Bonchev–Trinajstić information content (AvgIpc) is 2.34. The highest BCUT2D eigenvalue weighted by Gasteiger charge is 2.38. The molecule has 0 fully saturated rings. The number of Topliss-reactive ketones (excluding diaryl/α,β-unsaturated/α-hetero) is 1. The second-order valence-electron chi connectivity index (χ2n) is 4.59. The quantitative estimate of drug-likeness (QED) is 0.846. The number of nitrogens with zero attached hydrogens (tertiary/aromatic N) is 1. The largest absolute Gasteiger partial charge is 0.508 e. The van der Waals surface area contributed by atoms with Crippen LogP contribution in [0.4, 0.5) is 0 Å². The number of hydrogen-bond acceptors (Lipinski definition) is 3.